The summed E-state index contributed by atoms with van der Waals surface area (Å²) < 4.78 is 28.1. The van der Waals surface area contributed by atoms with Crippen molar-refractivity contribution in [3.8, 4) is 0 Å². The van der Waals surface area contributed by atoms with Gasteiger partial charge >= 0.3 is 0 Å². The molecule has 1 heterocycles. The Labute approximate surface area is 169 Å². The third-order valence-electron chi connectivity index (χ3n) is 5.13. The van der Waals surface area contributed by atoms with Gasteiger partial charge in [0.05, 0.1) is 4.90 Å². The molecule has 2 N–H and O–H groups in total. The van der Waals surface area contributed by atoms with Gasteiger partial charge in [0.2, 0.25) is 10.0 Å². The molecule has 0 radical (unpaired) electrons. The van der Waals surface area contributed by atoms with E-state index in [0.717, 1.165) is 40.1 Å². The Morgan fingerprint density at radius 3 is 2.50 bits per heavy atom. The fraction of sp³-hybridized carbons (Fsp3) is 0.273. The van der Waals surface area contributed by atoms with Crippen molar-refractivity contribution >= 4 is 21.4 Å². The van der Waals surface area contributed by atoms with Crippen LogP contribution in [0.25, 0.3) is 0 Å². The van der Waals surface area contributed by atoms with Gasteiger partial charge in [0, 0.05) is 16.3 Å². The lowest BCUT2D eigenvalue weighted by molar-refractivity contribution is 0.224. The molecule has 0 fully saturated rings. The van der Waals surface area contributed by atoms with Crippen molar-refractivity contribution in [1.82, 2.24) is 4.72 Å². The van der Waals surface area contributed by atoms with Gasteiger partial charge in [-0.3, -0.25) is 0 Å². The molecule has 0 amide bonds. The minimum atomic E-state index is -3.56. The van der Waals surface area contributed by atoms with Crippen LogP contribution in [-0.4, -0.2) is 13.5 Å². The normalized spacial score (nSPS) is 15.2. The van der Waals surface area contributed by atoms with Gasteiger partial charge in [0.15, 0.2) is 0 Å². The zero-order chi connectivity index (χ0) is 19.6. The van der Waals surface area contributed by atoms with Crippen LogP contribution in [0.2, 0.25) is 0 Å². The van der Waals surface area contributed by atoms with Crippen LogP contribution in [0.3, 0.4) is 0 Å². The Morgan fingerprint density at radius 1 is 0.964 bits per heavy atom. The first-order chi connectivity index (χ1) is 13.5. The van der Waals surface area contributed by atoms with E-state index in [1.165, 1.54) is 23.3 Å². The van der Waals surface area contributed by atoms with E-state index < -0.39 is 16.1 Å². The Morgan fingerprint density at radius 2 is 1.71 bits per heavy atom. The number of aliphatic hydroxyl groups is 1. The Balaban J connectivity index is 1.45. The van der Waals surface area contributed by atoms with E-state index in [-0.39, 0.29) is 6.54 Å². The summed E-state index contributed by atoms with van der Waals surface area (Å²) in [5.41, 5.74) is 3.24. The number of hydrogen-bond donors (Lipinski definition) is 2. The molecule has 4 rings (SSSR count). The predicted molar refractivity (Wildman–Crippen MR) is 112 cm³/mol. The highest BCUT2D eigenvalue weighted by molar-refractivity contribution is 7.89. The number of hydrogen-bond acceptors (Lipinski definition) is 4. The maximum Gasteiger partial charge on any atom is 0.240 e. The first-order valence-electron chi connectivity index (χ1n) is 9.46. The minimum Gasteiger partial charge on any atom is -0.383 e. The number of sulfonamides is 1. The second-order valence-corrected chi connectivity index (χ2v) is 10.0. The van der Waals surface area contributed by atoms with Crippen LogP contribution in [0.1, 0.15) is 45.4 Å². The van der Waals surface area contributed by atoms with E-state index in [4.69, 9.17) is 0 Å². The number of thiophene rings is 1. The van der Waals surface area contributed by atoms with Crippen LogP contribution in [0.15, 0.2) is 65.6 Å². The Hall–Kier alpha value is -1.99. The highest BCUT2D eigenvalue weighted by Gasteiger charge is 2.18. The lowest BCUT2D eigenvalue weighted by Crippen LogP contribution is -2.23. The van der Waals surface area contributed by atoms with Crippen molar-refractivity contribution < 1.29 is 13.5 Å². The maximum absolute atomic E-state index is 12.7. The molecule has 146 valence electrons. The fourth-order valence-corrected chi connectivity index (χ4v) is 5.68. The van der Waals surface area contributed by atoms with E-state index in [1.807, 2.05) is 54.6 Å². The lowest BCUT2D eigenvalue weighted by Gasteiger charge is -2.16. The van der Waals surface area contributed by atoms with Crippen LogP contribution < -0.4 is 4.72 Å². The molecule has 0 saturated carbocycles. The topological polar surface area (TPSA) is 66.4 Å². The van der Waals surface area contributed by atoms with Gasteiger partial charge < -0.3 is 5.11 Å². The molecule has 0 aliphatic heterocycles. The molecule has 1 aliphatic carbocycles. The summed E-state index contributed by atoms with van der Waals surface area (Å²) in [7, 11) is -3.56. The lowest BCUT2D eigenvalue weighted by atomic mass is 9.92. The van der Waals surface area contributed by atoms with Crippen molar-refractivity contribution in [2.24, 2.45) is 0 Å². The summed E-state index contributed by atoms with van der Waals surface area (Å²) >= 11 is 1.42. The summed E-state index contributed by atoms with van der Waals surface area (Å²) in [5.74, 6) is 0. The highest BCUT2D eigenvalue weighted by atomic mass is 32.2. The molecule has 1 atom stereocenters. The third kappa shape index (κ3) is 4.20. The van der Waals surface area contributed by atoms with E-state index in [2.05, 4.69) is 4.72 Å². The summed E-state index contributed by atoms with van der Waals surface area (Å²) in [6.07, 6.45) is 3.57. The second-order valence-electron chi connectivity index (χ2n) is 7.08. The molecule has 28 heavy (non-hydrogen) atoms. The van der Waals surface area contributed by atoms with E-state index in [0.29, 0.717) is 4.90 Å². The summed E-state index contributed by atoms with van der Waals surface area (Å²) in [6, 6.07) is 18.6. The summed E-state index contributed by atoms with van der Waals surface area (Å²) in [5, 5.41) is 10.5. The predicted octanol–water partition coefficient (Wildman–Crippen LogP) is 4.19. The van der Waals surface area contributed by atoms with Gasteiger partial charge in [-0.1, -0.05) is 36.4 Å². The molecular weight excluding hydrogens is 390 g/mol. The van der Waals surface area contributed by atoms with E-state index in [1.54, 1.807) is 6.07 Å². The molecule has 0 spiro atoms. The number of benzene rings is 2. The average Bonchev–Trinajstić information content (AvgIpc) is 3.21. The van der Waals surface area contributed by atoms with Crippen molar-refractivity contribution in [1.29, 1.82) is 0 Å². The van der Waals surface area contributed by atoms with Crippen LogP contribution >= 0.6 is 11.3 Å². The third-order valence-corrected chi connectivity index (χ3v) is 7.67. The van der Waals surface area contributed by atoms with Gasteiger partial charge in [-0.25, -0.2) is 13.1 Å². The molecule has 0 saturated heterocycles. The molecule has 1 aliphatic rings. The quantitative estimate of drug-likeness (QED) is 0.637. The number of rotatable bonds is 6. The molecular formula is C22H23NO3S2. The van der Waals surface area contributed by atoms with Gasteiger partial charge in [-0.2, -0.15) is 0 Å². The molecule has 6 heteroatoms. The van der Waals surface area contributed by atoms with Crippen molar-refractivity contribution in [3.63, 3.8) is 0 Å². The van der Waals surface area contributed by atoms with Crippen LogP contribution in [0.5, 0.6) is 0 Å². The summed E-state index contributed by atoms with van der Waals surface area (Å²) in [6.45, 7) is 0.214. The number of nitrogens with one attached hydrogen (secondary N) is 1. The standard InChI is InChI=1S/C22H23NO3S2/c24-22(17-7-2-1-3-8-17)21-13-11-19(27-21)15-23-28(25,26)20-12-10-16-6-4-5-9-18(16)14-20/h1-3,7-8,10-14,22-24H,4-6,9,15H2/t22-/m0/s1. The van der Waals surface area contributed by atoms with Gasteiger partial charge in [-0.15, -0.1) is 11.3 Å². The van der Waals surface area contributed by atoms with E-state index in [9.17, 15) is 13.5 Å². The van der Waals surface area contributed by atoms with Gasteiger partial charge in [-0.05, 0) is 66.6 Å². The summed E-state index contributed by atoms with van der Waals surface area (Å²) in [4.78, 5) is 2.00. The smallest absolute Gasteiger partial charge is 0.240 e. The van der Waals surface area contributed by atoms with Crippen molar-refractivity contribution in [2.75, 3.05) is 0 Å². The second kappa shape index (κ2) is 8.17. The SMILES string of the molecule is O=S(=O)(NCc1ccc([C@@H](O)c2ccccc2)s1)c1ccc2c(c1)CCCC2. The zero-order valence-electron chi connectivity index (χ0n) is 15.5. The van der Waals surface area contributed by atoms with Crippen molar-refractivity contribution in [2.45, 2.75) is 43.2 Å². The van der Waals surface area contributed by atoms with Crippen LogP contribution in [0.4, 0.5) is 0 Å². The Kier molecular flexibility index (Phi) is 5.64. The molecule has 0 bridgehead atoms. The van der Waals surface area contributed by atoms with Crippen LogP contribution in [0, 0.1) is 0 Å². The fourth-order valence-electron chi connectivity index (χ4n) is 3.56. The average molecular weight is 414 g/mol. The monoisotopic (exact) mass is 413 g/mol. The van der Waals surface area contributed by atoms with Crippen molar-refractivity contribution in [3.05, 3.63) is 87.1 Å². The molecule has 1 aromatic heterocycles. The molecule has 2 aromatic carbocycles. The number of fused-ring (bicyclic) bond motifs is 1. The molecule has 4 nitrogen and oxygen atoms in total. The van der Waals surface area contributed by atoms with Crippen LogP contribution in [-0.2, 0) is 29.4 Å². The van der Waals surface area contributed by atoms with Gasteiger partial charge in [0.25, 0.3) is 0 Å². The van der Waals surface area contributed by atoms with Gasteiger partial charge in [0.1, 0.15) is 6.10 Å². The first-order valence-corrected chi connectivity index (χ1v) is 11.8. The zero-order valence-corrected chi connectivity index (χ0v) is 17.1. The largest absolute Gasteiger partial charge is 0.383 e. The number of aliphatic hydroxyl groups excluding tert-OH is 1. The molecule has 3 aromatic rings. The highest BCUT2D eigenvalue weighted by Crippen LogP contribution is 2.29. The first kappa shape index (κ1) is 19.3. The number of aryl methyl sites for hydroxylation is 2. The Bertz CT molecular complexity index is 1060. The maximum atomic E-state index is 12.7. The molecule has 0 unspecified atom stereocenters. The minimum absolute atomic E-state index is 0.214. The van der Waals surface area contributed by atoms with E-state index >= 15 is 0 Å².